The van der Waals surface area contributed by atoms with E-state index in [2.05, 4.69) is 10.6 Å². The minimum Gasteiger partial charge on any atom is -0.398 e. The Labute approximate surface area is 133 Å². The number of amides is 2. The number of carbonyl (C=O) groups excluding carboxylic acids is 1. The van der Waals surface area contributed by atoms with Gasteiger partial charge in [0, 0.05) is 11.4 Å². The zero-order chi connectivity index (χ0) is 15.6. The monoisotopic (exact) mass is 323 g/mol. The molecule has 2 aromatic carbocycles. The van der Waals surface area contributed by atoms with Gasteiger partial charge >= 0.3 is 6.03 Å². The predicted octanol–water partition coefficient (Wildman–Crippen LogP) is 4.84. The van der Waals surface area contributed by atoms with E-state index < -0.39 is 0 Å². The molecule has 0 aliphatic carbocycles. The summed E-state index contributed by atoms with van der Waals surface area (Å²) in [6, 6.07) is 8.18. The molecule has 0 spiro atoms. The van der Waals surface area contributed by atoms with Crippen molar-refractivity contribution in [3.05, 3.63) is 51.5 Å². The second kappa shape index (κ2) is 6.24. The van der Waals surface area contributed by atoms with Crippen LogP contribution in [-0.2, 0) is 0 Å². The van der Waals surface area contributed by atoms with E-state index >= 15 is 0 Å². The predicted molar refractivity (Wildman–Crippen MR) is 89.4 cm³/mol. The van der Waals surface area contributed by atoms with Crippen molar-refractivity contribution in [3.8, 4) is 0 Å². The van der Waals surface area contributed by atoms with Gasteiger partial charge in [-0.2, -0.15) is 0 Å². The molecule has 4 N–H and O–H groups in total. The highest BCUT2D eigenvalue weighted by Crippen LogP contribution is 2.27. The van der Waals surface area contributed by atoms with Crippen LogP contribution >= 0.6 is 23.2 Å². The molecule has 2 rings (SSSR count). The third-order valence-electron chi connectivity index (χ3n) is 3.13. The van der Waals surface area contributed by atoms with Gasteiger partial charge in [-0.05, 0) is 49.2 Å². The van der Waals surface area contributed by atoms with Crippen LogP contribution in [0.2, 0.25) is 10.0 Å². The first kappa shape index (κ1) is 15.5. The molecule has 0 heterocycles. The summed E-state index contributed by atoms with van der Waals surface area (Å²) in [5.74, 6) is 0. The number of hydrogen-bond donors (Lipinski definition) is 3. The van der Waals surface area contributed by atoms with Crippen LogP contribution in [0.3, 0.4) is 0 Å². The number of benzene rings is 2. The normalized spacial score (nSPS) is 10.3. The molecule has 0 fully saturated rings. The summed E-state index contributed by atoms with van der Waals surface area (Å²) in [5, 5.41) is 6.31. The Hall–Kier alpha value is -1.91. The minimum atomic E-state index is -0.370. The molecule has 110 valence electrons. The van der Waals surface area contributed by atoms with Crippen molar-refractivity contribution in [2.24, 2.45) is 0 Å². The fourth-order valence-electron chi connectivity index (χ4n) is 1.91. The van der Waals surface area contributed by atoms with Crippen molar-refractivity contribution in [2.45, 2.75) is 13.8 Å². The van der Waals surface area contributed by atoms with Crippen LogP contribution in [0.1, 0.15) is 11.1 Å². The summed E-state index contributed by atoms with van der Waals surface area (Å²) >= 11 is 11.7. The van der Waals surface area contributed by atoms with E-state index in [-0.39, 0.29) is 6.03 Å². The van der Waals surface area contributed by atoms with Crippen molar-refractivity contribution in [1.82, 2.24) is 0 Å². The number of rotatable bonds is 2. The van der Waals surface area contributed by atoms with Gasteiger partial charge in [0.1, 0.15) is 0 Å². The maximum Gasteiger partial charge on any atom is 0.323 e. The minimum absolute atomic E-state index is 0.370. The smallest absolute Gasteiger partial charge is 0.323 e. The van der Waals surface area contributed by atoms with Gasteiger partial charge in [0.05, 0.1) is 15.7 Å². The van der Waals surface area contributed by atoms with E-state index in [1.807, 2.05) is 26.0 Å². The second-order valence-electron chi connectivity index (χ2n) is 4.68. The quantitative estimate of drug-likeness (QED) is 0.692. The van der Waals surface area contributed by atoms with Crippen LogP contribution in [0, 0.1) is 13.8 Å². The molecule has 0 saturated heterocycles. The molecule has 0 aliphatic heterocycles. The second-order valence-corrected chi connectivity index (χ2v) is 5.49. The summed E-state index contributed by atoms with van der Waals surface area (Å²) in [4.78, 5) is 12.1. The maximum absolute atomic E-state index is 12.1. The van der Waals surface area contributed by atoms with Crippen LogP contribution in [0.4, 0.5) is 21.9 Å². The molecule has 21 heavy (non-hydrogen) atoms. The molecular formula is C15H15Cl2N3O. The molecule has 0 atom stereocenters. The fourth-order valence-corrected chi connectivity index (χ4v) is 2.20. The third kappa shape index (κ3) is 3.60. The lowest BCUT2D eigenvalue weighted by atomic mass is 10.1. The molecule has 2 aromatic rings. The van der Waals surface area contributed by atoms with Crippen LogP contribution in [0.25, 0.3) is 0 Å². The highest BCUT2D eigenvalue weighted by Gasteiger charge is 2.10. The Bertz CT molecular complexity index is 702. The summed E-state index contributed by atoms with van der Waals surface area (Å²) in [6.45, 7) is 3.76. The van der Waals surface area contributed by atoms with Crippen molar-refractivity contribution in [2.75, 3.05) is 16.4 Å². The fraction of sp³-hybridized carbons (Fsp3) is 0.133. The Morgan fingerprint density at radius 1 is 1.05 bits per heavy atom. The van der Waals surface area contributed by atoms with Crippen molar-refractivity contribution in [3.63, 3.8) is 0 Å². The summed E-state index contributed by atoms with van der Waals surface area (Å²) < 4.78 is 0. The van der Waals surface area contributed by atoms with E-state index in [1.165, 1.54) is 0 Å². The SMILES string of the molecule is Cc1ccc(N)c(C)c1NC(=O)Nc1ccc(Cl)c(Cl)c1. The lowest BCUT2D eigenvalue weighted by Crippen LogP contribution is -2.20. The van der Waals surface area contributed by atoms with Gasteiger partial charge in [-0.3, -0.25) is 0 Å². The van der Waals surface area contributed by atoms with Crippen molar-refractivity contribution < 1.29 is 4.79 Å². The highest BCUT2D eigenvalue weighted by molar-refractivity contribution is 6.42. The molecule has 0 aromatic heterocycles. The number of anilines is 3. The van der Waals surface area contributed by atoms with Crippen LogP contribution in [-0.4, -0.2) is 6.03 Å². The number of nitrogen functional groups attached to an aromatic ring is 1. The molecule has 2 amide bonds. The maximum atomic E-state index is 12.1. The van der Waals surface area contributed by atoms with E-state index in [0.717, 1.165) is 11.1 Å². The first-order valence-corrected chi connectivity index (χ1v) is 7.03. The van der Waals surface area contributed by atoms with E-state index in [0.29, 0.717) is 27.1 Å². The number of urea groups is 1. The van der Waals surface area contributed by atoms with Gasteiger partial charge in [0.2, 0.25) is 0 Å². The topological polar surface area (TPSA) is 67.1 Å². The lowest BCUT2D eigenvalue weighted by molar-refractivity contribution is 0.262. The zero-order valence-electron chi connectivity index (χ0n) is 11.6. The largest absolute Gasteiger partial charge is 0.398 e. The molecule has 0 saturated carbocycles. The Morgan fingerprint density at radius 2 is 1.76 bits per heavy atom. The summed E-state index contributed by atoms with van der Waals surface area (Å²) in [7, 11) is 0. The van der Waals surface area contributed by atoms with Gasteiger partial charge in [0.25, 0.3) is 0 Å². The average Bonchev–Trinajstić information content (AvgIpc) is 2.43. The zero-order valence-corrected chi connectivity index (χ0v) is 13.1. The Kier molecular flexibility index (Phi) is 4.60. The Morgan fingerprint density at radius 3 is 2.43 bits per heavy atom. The number of carbonyl (C=O) groups is 1. The number of hydrogen-bond acceptors (Lipinski definition) is 2. The molecular weight excluding hydrogens is 309 g/mol. The molecule has 0 unspecified atom stereocenters. The number of halogens is 2. The first-order valence-electron chi connectivity index (χ1n) is 6.27. The number of nitrogens with two attached hydrogens (primary N) is 1. The number of aryl methyl sites for hydroxylation is 1. The summed E-state index contributed by atoms with van der Waals surface area (Å²) in [5.41, 5.74) is 9.51. The van der Waals surface area contributed by atoms with E-state index in [4.69, 9.17) is 28.9 Å². The van der Waals surface area contributed by atoms with Crippen LogP contribution in [0.15, 0.2) is 30.3 Å². The molecule has 6 heteroatoms. The third-order valence-corrected chi connectivity index (χ3v) is 3.87. The lowest BCUT2D eigenvalue weighted by Gasteiger charge is -2.14. The van der Waals surface area contributed by atoms with Gasteiger partial charge in [-0.25, -0.2) is 4.79 Å². The highest BCUT2D eigenvalue weighted by atomic mass is 35.5. The molecule has 0 aliphatic rings. The van der Waals surface area contributed by atoms with E-state index in [1.54, 1.807) is 18.2 Å². The average molecular weight is 324 g/mol. The van der Waals surface area contributed by atoms with Crippen molar-refractivity contribution >= 4 is 46.3 Å². The van der Waals surface area contributed by atoms with E-state index in [9.17, 15) is 4.79 Å². The first-order chi connectivity index (χ1) is 9.88. The van der Waals surface area contributed by atoms with Gasteiger partial charge in [-0.15, -0.1) is 0 Å². The van der Waals surface area contributed by atoms with Gasteiger partial charge < -0.3 is 16.4 Å². The van der Waals surface area contributed by atoms with Crippen LogP contribution in [0.5, 0.6) is 0 Å². The molecule has 0 radical (unpaired) electrons. The Balaban J connectivity index is 2.15. The standard InChI is InChI=1S/C15H15Cl2N3O/c1-8-3-6-13(18)9(2)14(8)20-15(21)19-10-4-5-11(16)12(17)7-10/h3-7H,18H2,1-2H3,(H2,19,20,21). The van der Waals surface area contributed by atoms with Crippen LogP contribution < -0.4 is 16.4 Å². The summed E-state index contributed by atoms with van der Waals surface area (Å²) in [6.07, 6.45) is 0. The molecule has 0 bridgehead atoms. The van der Waals surface area contributed by atoms with Gasteiger partial charge in [-0.1, -0.05) is 29.3 Å². The van der Waals surface area contributed by atoms with Gasteiger partial charge in [0.15, 0.2) is 0 Å². The number of nitrogens with one attached hydrogen (secondary N) is 2. The van der Waals surface area contributed by atoms with Crippen molar-refractivity contribution in [1.29, 1.82) is 0 Å². The molecule has 4 nitrogen and oxygen atoms in total.